The molecule has 1 rings (SSSR count). The number of hydrogen-bond acceptors (Lipinski definition) is 4. The Labute approximate surface area is 142 Å². The maximum absolute atomic E-state index is 11.9. The van der Waals surface area contributed by atoms with E-state index in [0.717, 1.165) is 12.0 Å². The molecule has 7 heteroatoms. The molecule has 0 aliphatic carbocycles. The number of urea groups is 1. The molecule has 6 nitrogen and oxygen atoms in total. The molecule has 0 aliphatic heterocycles. The molecule has 0 aromatic heterocycles. The van der Waals surface area contributed by atoms with Crippen molar-refractivity contribution in [3.63, 3.8) is 0 Å². The zero-order chi connectivity index (χ0) is 17.2. The van der Waals surface area contributed by atoms with E-state index >= 15 is 0 Å². The maximum atomic E-state index is 11.9. The summed E-state index contributed by atoms with van der Waals surface area (Å²) in [5.74, 6) is 1.03. The van der Waals surface area contributed by atoms with E-state index < -0.39 is 0 Å². The highest BCUT2D eigenvalue weighted by atomic mass is 35.5. The van der Waals surface area contributed by atoms with Gasteiger partial charge in [0.05, 0.1) is 18.7 Å². The van der Waals surface area contributed by atoms with Gasteiger partial charge < -0.3 is 25.2 Å². The first-order valence-electron chi connectivity index (χ1n) is 7.70. The Morgan fingerprint density at radius 2 is 2.13 bits per heavy atom. The molecule has 1 aromatic carbocycles. The van der Waals surface area contributed by atoms with E-state index in [2.05, 4.69) is 10.6 Å². The Morgan fingerprint density at radius 3 is 2.70 bits per heavy atom. The van der Waals surface area contributed by atoms with Crippen molar-refractivity contribution in [1.82, 2.24) is 10.6 Å². The molecule has 0 fully saturated rings. The SMILES string of the molecule is CCOc1c(Cl)cc(CNC(=O)NC(CC)CCO)cc1OC. The number of aliphatic hydroxyl groups excluding tert-OH is 1. The first-order valence-corrected chi connectivity index (χ1v) is 8.07. The van der Waals surface area contributed by atoms with Crippen LogP contribution in [0, 0.1) is 0 Å². The molecule has 1 aromatic rings. The Bertz CT molecular complexity index is 511. The van der Waals surface area contributed by atoms with Crippen LogP contribution in [0.2, 0.25) is 5.02 Å². The van der Waals surface area contributed by atoms with Gasteiger partial charge in [0.15, 0.2) is 11.5 Å². The minimum atomic E-state index is -0.283. The smallest absolute Gasteiger partial charge is 0.315 e. The molecule has 0 heterocycles. The van der Waals surface area contributed by atoms with Crippen molar-refractivity contribution < 1.29 is 19.4 Å². The molecule has 23 heavy (non-hydrogen) atoms. The molecule has 0 radical (unpaired) electrons. The summed E-state index contributed by atoms with van der Waals surface area (Å²) in [4.78, 5) is 11.9. The minimum absolute atomic E-state index is 0.0431. The predicted molar refractivity (Wildman–Crippen MR) is 90.3 cm³/mol. The zero-order valence-corrected chi connectivity index (χ0v) is 14.6. The van der Waals surface area contributed by atoms with Crippen LogP contribution in [0.1, 0.15) is 32.3 Å². The van der Waals surface area contributed by atoms with Gasteiger partial charge in [0.1, 0.15) is 0 Å². The molecular weight excluding hydrogens is 320 g/mol. The van der Waals surface area contributed by atoms with Crippen molar-refractivity contribution >= 4 is 17.6 Å². The molecule has 0 saturated heterocycles. The predicted octanol–water partition coefficient (Wildman–Crippen LogP) is 2.71. The number of amides is 2. The Balaban J connectivity index is 2.67. The molecule has 0 saturated carbocycles. The van der Waals surface area contributed by atoms with Crippen LogP contribution in [0.15, 0.2) is 12.1 Å². The van der Waals surface area contributed by atoms with E-state index in [9.17, 15) is 4.79 Å². The highest BCUT2D eigenvalue weighted by Gasteiger charge is 2.13. The topological polar surface area (TPSA) is 79.8 Å². The molecule has 0 spiro atoms. The van der Waals surface area contributed by atoms with Crippen LogP contribution in [0.25, 0.3) is 0 Å². The van der Waals surface area contributed by atoms with Gasteiger partial charge in [0.25, 0.3) is 0 Å². The van der Waals surface area contributed by atoms with E-state index in [0.29, 0.717) is 36.1 Å². The van der Waals surface area contributed by atoms with E-state index in [1.165, 1.54) is 0 Å². The van der Waals surface area contributed by atoms with E-state index in [1.54, 1.807) is 19.2 Å². The van der Waals surface area contributed by atoms with Gasteiger partial charge in [0, 0.05) is 19.2 Å². The monoisotopic (exact) mass is 344 g/mol. The molecule has 1 atom stereocenters. The van der Waals surface area contributed by atoms with Crippen LogP contribution in [-0.4, -0.2) is 37.5 Å². The number of benzene rings is 1. The van der Waals surface area contributed by atoms with Crippen molar-refractivity contribution in [1.29, 1.82) is 0 Å². The summed E-state index contributed by atoms with van der Waals surface area (Å²) in [5.41, 5.74) is 0.806. The van der Waals surface area contributed by atoms with Crippen molar-refractivity contribution in [3.05, 3.63) is 22.7 Å². The third kappa shape index (κ3) is 6.15. The first kappa shape index (κ1) is 19.4. The largest absolute Gasteiger partial charge is 0.493 e. The molecule has 0 bridgehead atoms. The minimum Gasteiger partial charge on any atom is -0.493 e. The average Bonchev–Trinajstić information content (AvgIpc) is 2.54. The number of carbonyl (C=O) groups is 1. The quantitative estimate of drug-likeness (QED) is 0.643. The summed E-state index contributed by atoms with van der Waals surface area (Å²) in [6.07, 6.45) is 1.29. The normalized spacial score (nSPS) is 11.7. The van der Waals surface area contributed by atoms with E-state index in [4.69, 9.17) is 26.2 Å². The Kier molecular flexibility index (Phi) is 8.58. The Morgan fingerprint density at radius 1 is 1.39 bits per heavy atom. The van der Waals surface area contributed by atoms with Gasteiger partial charge in [-0.25, -0.2) is 4.79 Å². The van der Waals surface area contributed by atoms with Gasteiger partial charge in [0.2, 0.25) is 0 Å². The van der Waals surface area contributed by atoms with Crippen molar-refractivity contribution in [2.24, 2.45) is 0 Å². The average molecular weight is 345 g/mol. The summed E-state index contributed by atoms with van der Waals surface area (Å²) < 4.78 is 10.7. The third-order valence-electron chi connectivity index (χ3n) is 3.34. The van der Waals surface area contributed by atoms with E-state index in [1.807, 2.05) is 13.8 Å². The molecule has 1 unspecified atom stereocenters. The molecule has 2 amide bonds. The number of ether oxygens (including phenoxy) is 2. The number of rotatable bonds is 9. The number of aliphatic hydroxyl groups is 1. The Hall–Kier alpha value is -1.66. The lowest BCUT2D eigenvalue weighted by Gasteiger charge is -2.17. The van der Waals surface area contributed by atoms with E-state index in [-0.39, 0.29) is 18.7 Å². The van der Waals surface area contributed by atoms with Crippen LogP contribution >= 0.6 is 11.6 Å². The van der Waals surface area contributed by atoms with Crippen LogP contribution in [0.4, 0.5) is 4.79 Å². The van der Waals surface area contributed by atoms with Crippen molar-refractivity contribution in [2.75, 3.05) is 20.3 Å². The highest BCUT2D eigenvalue weighted by Crippen LogP contribution is 2.36. The van der Waals surface area contributed by atoms with Crippen LogP contribution in [-0.2, 0) is 6.54 Å². The summed E-state index contributed by atoms with van der Waals surface area (Å²) in [5, 5.41) is 15.0. The van der Waals surface area contributed by atoms with Gasteiger partial charge >= 0.3 is 6.03 Å². The first-order chi connectivity index (χ1) is 11.0. The lowest BCUT2D eigenvalue weighted by atomic mass is 10.1. The molecule has 3 N–H and O–H groups in total. The van der Waals surface area contributed by atoms with Crippen molar-refractivity contribution in [2.45, 2.75) is 39.3 Å². The van der Waals surface area contributed by atoms with Gasteiger partial charge in [-0.2, -0.15) is 0 Å². The summed E-state index contributed by atoms with van der Waals surface area (Å²) in [7, 11) is 1.54. The lowest BCUT2D eigenvalue weighted by molar-refractivity contribution is 0.227. The van der Waals surface area contributed by atoms with Crippen molar-refractivity contribution in [3.8, 4) is 11.5 Å². The summed E-state index contributed by atoms with van der Waals surface area (Å²) in [6.45, 7) is 4.66. The zero-order valence-electron chi connectivity index (χ0n) is 13.8. The number of halogens is 1. The fourth-order valence-electron chi connectivity index (χ4n) is 2.11. The number of nitrogens with one attached hydrogen (secondary N) is 2. The van der Waals surface area contributed by atoms with Crippen LogP contribution in [0.3, 0.4) is 0 Å². The fourth-order valence-corrected chi connectivity index (χ4v) is 2.40. The van der Waals surface area contributed by atoms with Crippen LogP contribution in [0.5, 0.6) is 11.5 Å². The molecule has 0 aliphatic rings. The third-order valence-corrected chi connectivity index (χ3v) is 3.62. The second-order valence-electron chi connectivity index (χ2n) is 4.99. The second-order valence-corrected chi connectivity index (χ2v) is 5.39. The van der Waals surface area contributed by atoms with Gasteiger partial charge in [-0.3, -0.25) is 0 Å². The standard InChI is InChI=1S/C16H25ClN2O4/c1-4-12(6-7-20)19-16(21)18-10-11-8-13(17)15(23-5-2)14(9-11)22-3/h8-9,12,20H,4-7,10H2,1-3H3,(H2,18,19,21). The number of carbonyl (C=O) groups excluding carboxylic acids is 1. The number of methoxy groups -OCH3 is 1. The van der Waals surface area contributed by atoms with Gasteiger partial charge in [-0.1, -0.05) is 18.5 Å². The number of hydrogen-bond donors (Lipinski definition) is 3. The summed E-state index contributed by atoms with van der Waals surface area (Å²) in [6, 6.07) is 3.19. The summed E-state index contributed by atoms with van der Waals surface area (Å²) >= 11 is 6.19. The lowest BCUT2D eigenvalue weighted by Crippen LogP contribution is -2.41. The molecule has 130 valence electrons. The maximum Gasteiger partial charge on any atom is 0.315 e. The van der Waals surface area contributed by atoms with Gasteiger partial charge in [-0.15, -0.1) is 0 Å². The molecular formula is C16H25ClN2O4. The van der Waals surface area contributed by atoms with Crippen LogP contribution < -0.4 is 20.1 Å². The second kappa shape index (κ2) is 10.2. The fraction of sp³-hybridized carbons (Fsp3) is 0.562. The van der Waals surface area contributed by atoms with Gasteiger partial charge in [-0.05, 0) is 37.5 Å². The highest BCUT2D eigenvalue weighted by molar-refractivity contribution is 6.32.